The van der Waals surface area contributed by atoms with E-state index >= 15 is 0 Å². The Hall–Kier alpha value is -3.31. The summed E-state index contributed by atoms with van der Waals surface area (Å²) in [5.41, 5.74) is 0.390. The van der Waals surface area contributed by atoms with Crippen molar-refractivity contribution in [1.29, 1.82) is 0 Å². The summed E-state index contributed by atoms with van der Waals surface area (Å²) in [6.45, 7) is 3.00. The van der Waals surface area contributed by atoms with E-state index in [9.17, 15) is 31.9 Å². The second-order valence-corrected chi connectivity index (χ2v) is 8.60. The molecule has 12 heteroatoms. The quantitative estimate of drug-likeness (QED) is 0.547. The van der Waals surface area contributed by atoms with E-state index < -0.39 is 42.8 Å². The van der Waals surface area contributed by atoms with Crippen LogP contribution in [0.15, 0.2) is 30.1 Å². The maximum absolute atomic E-state index is 13.2. The number of amides is 3. The van der Waals surface area contributed by atoms with Crippen molar-refractivity contribution in [2.75, 3.05) is 32.8 Å². The van der Waals surface area contributed by atoms with Gasteiger partial charge in [0.25, 0.3) is 5.91 Å². The molecule has 0 saturated carbocycles. The van der Waals surface area contributed by atoms with Crippen molar-refractivity contribution in [3.8, 4) is 5.75 Å². The molecule has 0 saturated heterocycles. The van der Waals surface area contributed by atoms with E-state index in [2.05, 4.69) is 5.32 Å². The third-order valence-corrected chi connectivity index (χ3v) is 4.50. The van der Waals surface area contributed by atoms with Crippen LogP contribution in [-0.4, -0.2) is 67.4 Å². The number of hydrogen-bond donors (Lipinski definition) is 2. The normalized spacial score (nSPS) is 14.4. The number of hydrogen-bond acceptors (Lipinski definition) is 5. The van der Waals surface area contributed by atoms with Gasteiger partial charge in [0.05, 0.1) is 12.9 Å². The van der Waals surface area contributed by atoms with Crippen LogP contribution in [0.3, 0.4) is 0 Å². The molecule has 0 fully saturated rings. The molecule has 1 aliphatic heterocycles. The molecule has 0 spiro atoms. The highest BCUT2D eigenvalue weighted by atomic mass is 19.4. The van der Waals surface area contributed by atoms with Gasteiger partial charge in [-0.05, 0) is 51.0 Å². The van der Waals surface area contributed by atoms with Crippen molar-refractivity contribution in [3.05, 3.63) is 41.2 Å². The maximum atomic E-state index is 13.2. The molecule has 8 nitrogen and oxygen atoms in total. The number of nitrogens with zero attached hydrogens (tertiary/aromatic N) is 1. The van der Waals surface area contributed by atoms with Gasteiger partial charge in [-0.2, -0.15) is 13.2 Å². The largest absolute Gasteiger partial charge is 0.489 e. The van der Waals surface area contributed by atoms with Gasteiger partial charge < -0.3 is 25.0 Å². The Morgan fingerprint density at radius 2 is 1.88 bits per heavy atom. The molecule has 1 aromatic carbocycles. The Labute approximate surface area is 194 Å². The SMILES string of the molecule is CC(C)(C)OC(=O)NC/C(=C\F)COc1ccc2c(c1)CCN(CC(=O)NCC(F)(F)F)C2=O. The van der Waals surface area contributed by atoms with Crippen molar-refractivity contribution in [3.63, 3.8) is 0 Å². The molecule has 0 aliphatic carbocycles. The minimum atomic E-state index is -4.53. The molecule has 0 atom stereocenters. The molecule has 3 amide bonds. The number of benzene rings is 1. The molecule has 2 rings (SSSR count). The number of carbonyl (C=O) groups is 3. The number of rotatable bonds is 8. The average molecular weight is 489 g/mol. The van der Waals surface area contributed by atoms with Crippen LogP contribution < -0.4 is 15.4 Å². The van der Waals surface area contributed by atoms with E-state index in [1.807, 2.05) is 0 Å². The van der Waals surface area contributed by atoms with E-state index in [1.165, 1.54) is 17.0 Å². The van der Waals surface area contributed by atoms with Gasteiger partial charge in [0.15, 0.2) is 0 Å². The van der Waals surface area contributed by atoms with Crippen LogP contribution in [0.2, 0.25) is 0 Å². The number of alkyl halides is 3. The number of nitrogens with one attached hydrogen (secondary N) is 2. The Bertz CT molecular complexity index is 941. The lowest BCUT2D eigenvalue weighted by Crippen LogP contribution is -2.45. The highest BCUT2D eigenvalue weighted by molar-refractivity contribution is 5.98. The van der Waals surface area contributed by atoms with Crippen molar-refractivity contribution in [1.82, 2.24) is 15.5 Å². The molecule has 0 aromatic heterocycles. The summed E-state index contributed by atoms with van der Waals surface area (Å²) in [6.07, 6.45) is -4.55. The number of halogens is 4. The number of ether oxygens (including phenoxy) is 2. The highest BCUT2D eigenvalue weighted by Gasteiger charge is 2.30. The minimum absolute atomic E-state index is 0.125. The Morgan fingerprint density at radius 3 is 2.50 bits per heavy atom. The zero-order valence-electron chi connectivity index (χ0n) is 19.1. The third-order valence-electron chi connectivity index (χ3n) is 4.50. The van der Waals surface area contributed by atoms with Gasteiger partial charge in [0, 0.05) is 24.2 Å². The molecule has 34 heavy (non-hydrogen) atoms. The fourth-order valence-corrected chi connectivity index (χ4v) is 2.98. The first-order valence-corrected chi connectivity index (χ1v) is 10.4. The summed E-state index contributed by atoms with van der Waals surface area (Å²) >= 11 is 0. The summed E-state index contributed by atoms with van der Waals surface area (Å²) in [6, 6.07) is 4.57. The monoisotopic (exact) mass is 489 g/mol. The van der Waals surface area contributed by atoms with E-state index in [-0.39, 0.29) is 25.3 Å². The van der Waals surface area contributed by atoms with Gasteiger partial charge in [-0.3, -0.25) is 9.59 Å². The zero-order chi connectivity index (χ0) is 25.5. The summed E-state index contributed by atoms with van der Waals surface area (Å²) in [4.78, 5) is 37.2. The molecular weight excluding hydrogens is 462 g/mol. The Balaban J connectivity index is 1.89. The van der Waals surface area contributed by atoms with E-state index in [4.69, 9.17) is 9.47 Å². The van der Waals surface area contributed by atoms with Crippen LogP contribution in [0.4, 0.5) is 22.4 Å². The van der Waals surface area contributed by atoms with Gasteiger partial charge >= 0.3 is 12.3 Å². The lowest BCUT2D eigenvalue weighted by atomic mass is 9.98. The first-order valence-electron chi connectivity index (χ1n) is 10.4. The molecule has 1 aliphatic rings. The number of carbonyl (C=O) groups excluding carboxylic acids is 3. The summed E-state index contributed by atoms with van der Waals surface area (Å²) in [7, 11) is 0. The van der Waals surface area contributed by atoms with Gasteiger partial charge in [0.1, 0.15) is 24.5 Å². The second kappa shape index (κ2) is 11.2. The summed E-state index contributed by atoms with van der Waals surface area (Å²) in [5, 5.41) is 4.16. The van der Waals surface area contributed by atoms with Crippen LogP contribution in [0.5, 0.6) is 5.75 Å². The van der Waals surface area contributed by atoms with Crippen LogP contribution in [0.1, 0.15) is 36.7 Å². The van der Waals surface area contributed by atoms with Crippen molar-refractivity contribution in [2.24, 2.45) is 0 Å². The summed E-state index contributed by atoms with van der Waals surface area (Å²) < 4.78 is 60.5. The van der Waals surface area contributed by atoms with E-state index in [1.54, 1.807) is 32.2 Å². The predicted molar refractivity (Wildman–Crippen MR) is 114 cm³/mol. The van der Waals surface area contributed by atoms with Gasteiger partial charge in [-0.15, -0.1) is 0 Å². The van der Waals surface area contributed by atoms with Gasteiger partial charge in [-0.1, -0.05) is 0 Å². The lowest BCUT2D eigenvalue weighted by Gasteiger charge is -2.28. The lowest BCUT2D eigenvalue weighted by molar-refractivity contribution is -0.138. The van der Waals surface area contributed by atoms with Crippen LogP contribution in [-0.2, 0) is 16.0 Å². The van der Waals surface area contributed by atoms with Crippen LogP contribution in [0, 0.1) is 0 Å². The minimum Gasteiger partial charge on any atom is -0.489 e. The topological polar surface area (TPSA) is 97.0 Å². The van der Waals surface area contributed by atoms with E-state index in [0.29, 0.717) is 29.6 Å². The molecule has 188 valence electrons. The second-order valence-electron chi connectivity index (χ2n) is 8.60. The fourth-order valence-electron chi connectivity index (χ4n) is 2.98. The average Bonchev–Trinajstić information content (AvgIpc) is 2.72. The first-order chi connectivity index (χ1) is 15.8. The molecule has 1 aromatic rings. The van der Waals surface area contributed by atoms with Crippen molar-refractivity contribution < 1.29 is 41.4 Å². The number of alkyl carbamates (subject to hydrolysis) is 1. The molecule has 2 N–H and O–H groups in total. The van der Waals surface area contributed by atoms with Gasteiger partial charge in [0.2, 0.25) is 5.91 Å². The van der Waals surface area contributed by atoms with Gasteiger partial charge in [-0.25, -0.2) is 9.18 Å². The van der Waals surface area contributed by atoms with Crippen LogP contribution in [0.25, 0.3) is 0 Å². The molecule has 0 bridgehead atoms. The highest BCUT2D eigenvalue weighted by Crippen LogP contribution is 2.24. The van der Waals surface area contributed by atoms with Crippen LogP contribution >= 0.6 is 0 Å². The van der Waals surface area contributed by atoms with Crippen molar-refractivity contribution >= 4 is 17.9 Å². The predicted octanol–water partition coefficient (Wildman–Crippen LogP) is 3.12. The molecule has 1 heterocycles. The maximum Gasteiger partial charge on any atom is 0.407 e. The summed E-state index contributed by atoms with van der Waals surface area (Å²) in [5.74, 6) is -1.03. The van der Waals surface area contributed by atoms with Crippen molar-refractivity contribution in [2.45, 2.75) is 39.0 Å². The number of fused-ring (bicyclic) bond motifs is 1. The fraction of sp³-hybridized carbons (Fsp3) is 0.500. The smallest absolute Gasteiger partial charge is 0.407 e. The first kappa shape index (κ1) is 26.9. The third kappa shape index (κ3) is 8.91. The molecular formula is C22H27F4N3O5. The van der Waals surface area contributed by atoms with E-state index in [0.717, 1.165) is 0 Å². The standard InChI is InChI=1S/C22H27F4N3O5/c1-21(2,3)34-20(32)27-10-14(9-23)12-33-16-4-5-17-15(8-16)6-7-29(19(17)31)11-18(30)28-13-22(24,25)26/h4-5,8-9H,6-7,10-13H2,1-3H3,(H,27,32)(H,28,30)/b14-9+. The Morgan fingerprint density at radius 1 is 1.18 bits per heavy atom. The Kier molecular flexibility index (Phi) is 8.88. The zero-order valence-corrected chi connectivity index (χ0v) is 19.1. The molecule has 0 radical (unpaired) electrons. The molecule has 0 unspecified atom stereocenters.